The highest BCUT2D eigenvalue weighted by Crippen LogP contribution is 2.39. The lowest BCUT2D eigenvalue weighted by Crippen LogP contribution is -2.49. The summed E-state index contributed by atoms with van der Waals surface area (Å²) in [6.07, 6.45) is 6.82. The number of likely N-dealkylation sites (tertiary alicyclic amines) is 1. The minimum atomic E-state index is -0.240. The molecule has 1 saturated heterocycles. The average Bonchev–Trinajstić information content (AvgIpc) is 3.17. The summed E-state index contributed by atoms with van der Waals surface area (Å²) in [5, 5.41) is 3.53. The van der Waals surface area contributed by atoms with Crippen LogP contribution in [0.5, 0.6) is 0 Å². The Kier molecular flexibility index (Phi) is 8.98. The standard InChI is InChI=1S/C19H36N4O.HI/c1-15(2)12-16-8-11-23(13-16)18(20-3)21-14-19(9-6-7-10-19)17(24)22(4)5;/h15-16H,6-14H2,1-5H3,(H,20,21);1H. The highest BCUT2D eigenvalue weighted by Gasteiger charge is 2.42. The number of carbonyl (C=O) groups is 1. The number of guanidine groups is 1. The Hall–Kier alpha value is -0.530. The van der Waals surface area contributed by atoms with Crippen molar-refractivity contribution in [1.29, 1.82) is 0 Å². The summed E-state index contributed by atoms with van der Waals surface area (Å²) < 4.78 is 0. The van der Waals surface area contributed by atoms with Crippen LogP contribution in [0.25, 0.3) is 0 Å². The number of nitrogens with one attached hydrogen (secondary N) is 1. The summed E-state index contributed by atoms with van der Waals surface area (Å²) in [5.74, 6) is 2.76. The van der Waals surface area contributed by atoms with E-state index in [2.05, 4.69) is 29.1 Å². The maximum Gasteiger partial charge on any atom is 0.230 e. The molecule has 6 heteroatoms. The van der Waals surface area contributed by atoms with E-state index in [-0.39, 0.29) is 35.3 Å². The third kappa shape index (κ3) is 5.73. The van der Waals surface area contributed by atoms with Crippen LogP contribution in [0.1, 0.15) is 52.4 Å². The highest BCUT2D eigenvalue weighted by molar-refractivity contribution is 14.0. The van der Waals surface area contributed by atoms with E-state index in [1.165, 1.54) is 12.8 Å². The Morgan fingerprint density at radius 3 is 2.48 bits per heavy atom. The first-order valence-electron chi connectivity index (χ1n) is 9.55. The molecule has 25 heavy (non-hydrogen) atoms. The SMILES string of the molecule is CN=C(NCC1(C(=O)N(C)C)CCCC1)N1CCC(CC(C)C)C1.I. The van der Waals surface area contributed by atoms with E-state index in [4.69, 9.17) is 0 Å². The zero-order valence-electron chi connectivity index (χ0n) is 16.7. The number of hydrogen-bond acceptors (Lipinski definition) is 2. The Morgan fingerprint density at radius 2 is 1.96 bits per heavy atom. The van der Waals surface area contributed by atoms with Crippen molar-refractivity contribution in [3.63, 3.8) is 0 Å². The molecule has 2 rings (SSSR count). The molecule has 1 amide bonds. The Balaban J connectivity index is 0.00000312. The van der Waals surface area contributed by atoms with E-state index in [0.717, 1.165) is 56.6 Å². The third-order valence-corrected chi connectivity index (χ3v) is 5.61. The van der Waals surface area contributed by atoms with Crippen LogP contribution in [0.15, 0.2) is 4.99 Å². The van der Waals surface area contributed by atoms with Gasteiger partial charge in [0.15, 0.2) is 5.96 Å². The van der Waals surface area contributed by atoms with Gasteiger partial charge in [-0.3, -0.25) is 9.79 Å². The number of carbonyl (C=O) groups excluding carboxylic acids is 1. The molecule has 1 aliphatic heterocycles. The van der Waals surface area contributed by atoms with Gasteiger partial charge >= 0.3 is 0 Å². The van der Waals surface area contributed by atoms with Crippen LogP contribution in [-0.2, 0) is 4.79 Å². The van der Waals surface area contributed by atoms with Gasteiger partial charge in [-0.1, -0.05) is 26.7 Å². The van der Waals surface area contributed by atoms with Gasteiger partial charge in [0.1, 0.15) is 0 Å². The lowest BCUT2D eigenvalue weighted by molar-refractivity contribution is -0.138. The Morgan fingerprint density at radius 1 is 1.32 bits per heavy atom. The third-order valence-electron chi connectivity index (χ3n) is 5.61. The van der Waals surface area contributed by atoms with E-state index in [0.29, 0.717) is 6.54 Å². The van der Waals surface area contributed by atoms with Gasteiger partial charge < -0.3 is 15.1 Å². The van der Waals surface area contributed by atoms with Crippen molar-refractivity contribution in [2.24, 2.45) is 22.2 Å². The summed E-state index contributed by atoms with van der Waals surface area (Å²) in [7, 11) is 5.59. The van der Waals surface area contributed by atoms with Gasteiger partial charge in [-0.25, -0.2) is 0 Å². The highest BCUT2D eigenvalue weighted by atomic mass is 127. The number of hydrogen-bond donors (Lipinski definition) is 1. The lowest BCUT2D eigenvalue weighted by atomic mass is 9.84. The summed E-state index contributed by atoms with van der Waals surface area (Å²) in [4.78, 5) is 21.3. The van der Waals surface area contributed by atoms with Crippen molar-refractivity contribution in [2.45, 2.75) is 52.4 Å². The molecule has 5 nitrogen and oxygen atoms in total. The van der Waals surface area contributed by atoms with E-state index >= 15 is 0 Å². The maximum absolute atomic E-state index is 12.7. The fourth-order valence-electron chi connectivity index (χ4n) is 4.46. The van der Waals surface area contributed by atoms with E-state index < -0.39 is 0 Å². The van der Waals surface area contributed by atoms with Crippen molar-refractivity contribution >= 4 is 35.8 Å². The molecule has 1 heterocycles. The van der Waals surface area contributed by atoms with Crippen LogP contribution < -0.4 is 5.32 Å². The van der Waals surface area contributed by atoms with Crippen molar-refractivity contribution < 1.29 is 4.79 Å². The molecule has 2 fully saturated rings. The van der Waals surface area contributed by atoms with E-state index in [1.54, 1.807) is 4.90 Å². The van der Waals surface area contributed by atoms with Crippen molar-refractivity contribution in [1.82, 2.24) is 15.1 Å². The second-order valence-corrected chi connectivity index (χ2v) is 8.32. The van der Waals surface area contributed by atoms with Gasteiger partial charge in [0.05, 0.1) is 5.41 Å². The monoisotopic (exact) mass is 464 g/mol. The van der Waals surface area contributed by atoms with Gasteiger partial charge in [0.2, 0.25) is 5.91 Å². The van der Waals surface area contributed by atoms with E-state index in [9.17, 15) is 4.79 Å². The summed E-state index contributed by atoms with van der Waals surface area (Å²) in [5.41, 5.74) is -0.240. The minimum Gasteiger partial charge on any atom is -0.355 e. The van der Waals surface area contributed by atoms with E-state index in [1.807, 2.05) is 21.1 Å². The minimum absolute atomic E-state index is 0. The number of nitrogens with zero attached hydrogens (tertiary/aromatic N) is 3. The topological polar surface area (TPSA) is 47.9 Å². The number of rotatable bonds is 5. The normalized spacial score (nSPS) is 22.9. The lowest BCUT2D eigenvalue weighted by Gasteiger charge is -2.32. The van der Waals surface area contributed by atoms with Crippen molar-refractivity contribution in [3.05, 3.63) is 0 Å². The predicted octanol–water partition coefficient (Wildman–Crippen LogP) is 3.20. The van der Waals surface area contributed by atoms with Crippen LogP contribution in [0.4, 0.5) is 0 Å². The number of aliphatic imine (C=N–C) groups is 1. The summed E-state index contributed by atoms with van der Waals surface area (Å²) in [6.45, 7) is 7.47. The van der Waals surface area contributed by atoms with Crippen LogP contribution in [0, 0.1) is 17.3 Å². The zero-order valence-corrected chi connectivity index (χ0v) is 19.0. The van der Waals surface area contributed by atoms with Gasteiger partial charge in [-0.15, -0.1) is 24.0 Å². The molecule has 1 saturated carbocycles. The summed E-state index contributed by atoms with van der Waals surface area (Å²) >= 11 is 0. The Bertz CT molecular complexity index is 458. The molecule has 0 aromatic carbocycles. The van der Waals surface area contributed by atoms with Crippen molar-refractivity contribution in [2.75, 3.05) is 40.8 Å². The zero-order chi connectivity index (χ0) is 17.7. The first-order chi connectivity index (χ1) is 11.4. The molecule has 0 bridgehead atoms. The van der Waals surface area contributed by atoms with Gasteiger partial charge in [-0.05, 0) is 37.5 Å². The number of amides is 1. The van der Waals surface area contributed by atoms with Crippen molar-refractivity contribution in [3.8, 4) is 0 Å². The van der Waals surface area contributed by atoms with Crippen LogP contribution in [0.3, 0.4) is 0 Å². The van der Waals surface area contributed by atoms with Crippen LogP contribution >= 0.6 is 24.0 Å². The molecule has 0 aromatic rings. The molecular weight excluding hydrogens is 427 g/mol. The fourth-order valence-corrected chi connectivity index (χ4v) is 4.46. The first kappa shape index (κ1) is 22.5. The molecule has 0 aromatic heterocycles. The van der Waals surface area contributed by atoms with Gasteiger partial charge in [-0.2, -0.15) is 0 Å². The molecular formula is C19H37IN4O. The second kappa shape index (κ2) is 9.97. The first-order valence-corrected chi connectivity index (χ1v) is 9.55. The van der Waals surface area contributed by atoms with Gasteiger partial charge in [0, 0.05) is 40.8 Å². The largest absolute Gasteiger partial charge is 0.355 e. The molecule has 1 aliphatic carbocycles. The fraction of sp³-hybridized carbons (Fsp3) is 0.895. The molecule has 2 aliphatic rings. The molecule has 0 radical (unpaired) electrons. The Labute approximate surface area is 171 Å². The molecule has 146 valence electrons. The average molecular weight is 464 g/mol. The smallest absolute Gasteiger partial charge is 0.230 e. The van der Waals surface area contributed by atoms with Crippen LogP contribution in [0.2, 0.25) is 0 Å². The summed E-state index contributed by atoms with van der Waals surface area (Å²) in [6, 6.07) is 0. The van der Waals surface area contributed by atoms with Gasteiger partial charge in [0.25, 0.3) is 0 Å². The maximum atomic E-state index is 12.7. The molecule has 1 unspecified atom stereocenters. The predicted molar refractivity (Wildman–Crippen MR) is 116 cm³/mol. The molecule has 1 N–H and O–H groups in total. The quantitative estimate of drug-likeness (QED) is 0.386. The molecule has 1 atom stereocenters. The van der Waals surface area contributed by atoms with Crippen LogP contribution in [-0.4, -0.2) is 62.4 Å². The second-order valence-electron chi connectivity index (χ2n) is 8.32. The molecule has 0 spiro atoms. The number of halogens is 1.